The Hall–Kier alpha value is -3.77. The Labute approximate surface area is 231 Å². The van der Waals surface area contributed by atoms with E-state index >= 15 is 0 Å². The summed E-state index contributed by atoms with van der Waals surface area (Å²) in [6.45, 7) is 4.02. The topological polar surface area (TPSA) is 98.1 Å². The van der Waals surface area contributed by atoms with Crippen LogP contribution in [0.2, 0.25) is 0 Å². The molecule has 1 aliphatic rings. The summed E-state index contributed by atoms with van der Waals surface area (Å²) >= 11 is 3.56. The van der Waals surface area contributed by atoms with Crippen molar-refractivity contribution in [3.8, 4) is 17.6 Å². The minimum atomic E-state index is -0.910. The van der Waals surface area contributed by atoms with Crippen molar-refractivity contribution in [2.75, 3.05) is 34.5 Å². The quantitative estimate of drug-likeness (QED) is 0.349. The number of aryl methyl sites for hydroxylation is 1. The molecule has 0 aliphatic carbocycles. The van der Waals surface area contributed by atoms with Crippen LogP contribution in [0.3, 0.4) is 0 Å². The van der Waals surface area contributed by atoms with E-state index in [1.165, 1.54) is 21.3 Å². The molecule has 0 fully saturated rings. The summed E-state index contributed by atoms with van der Waals surface area (Å²) in [5, 5.41) is 10.4. The lowest BCUT2D eigenvalue weighted by Crippen LogP contribution is -2.37. The zero-order chi connectivity index (χ0) is 27.8. The predicted octanol–water partition coefficient (Wildman–Crippen LogP) is 5.29. The van der Waals surface area contributed by atoms with Gasteiger partial charge in [-0.3, -0.25) is 0 Å². The monoisotopic (exact) mass is 582 g/mol. The Bertz CT molecular complexity index is 1300. The molecule has 1 heterocycles. The highest BCUT2D eigenvalue weighted by Gasteiger charge is 2.42. The fourth-order valence-corrected chi connectivity index (χ4v) is 5.18. The van der Waals surface area contributed by atoms with Gasteiger partial charge < -0.3 is 23.8 Å². The van der Waals surface area contributed by atoms with Crippen molar-refractivity contribution in [1.29, 1.82) is 5.26 Å². The van der Waals surface area contributed by atoms with Gasteiger partial charge in [0.05, 0.1) is 51.1 Å². The standard InChI is InChI=1S/C29H31BrN2O6/c1-6-38-28(33)25-18(2)32(14-10-13-19-11-8-7-9-12-19)27(29(34)37-5)21(17-31)26(25)20-15-23(35-3)24(36-4)16-22(20)30/h7-9,11-12,15-16,26H,6,10,13-14H2,1-5H3. The SMILES string of the molecule is CCOC(=O)C1=C(C)N(CCCc2ccccc2)C(C(=O)OC)=C(C#N)C1c1cc(OC)c(OC)cc1Br. The first-order valence-electron chi connectivity index (χ1n) is 12.2. The highest BCUT2D eigenvalue weighted by atomic mass is 79.9. The number of esters is 2. The molecule has 38 heavy (non-hydrogen) atoms. The van der Waals surface area contributed by atoms with Gasteiger partial charge in [0.2, 0.25) is 0 Å². The van der Waals surface area contributed by atoms with Crippen molar-refractivity contribution in [2.45, 2.75) is 32.6 Å². The van der Waals surface area contributed by atoms with E-state index in [0.29, 0.717) is 40.2 Å². The van der Waals surface area contributed by atoms with E-state index in [1.54, 1.807) is 30.9 Å². The van der Waals surface area contributed by atoms with Gasteiger partial charge in [-0.15, -0.1) is 0 Å². The van der Waals surface area contributed by atoms with Crippen molar-refractivity contribution in [2.24, 2.45) is 0 Å². The van der Waals surface area contributed by atoms with Crippen molar-refractivity contribution < 1.29 is 28.5 Å². The van der Waals surface area contributed by atoms with E-state index < -0.39 is 17.9 Å². The molecule has 8 nitrogen and oxygen atoms in total. The van der Waals surface area contributed by atoms with Crippen molar-refractivity contribution in [3.05, 3.63) is 80.6 Å². The fourth-order valence-electron chi connectivity index (χ4n) is 4.62. The second kappa shape index (κ2) is 13.2. The number of nitrogens with zero attached hydrogens (tertiary/aromatic N) is 2. The molecule has 0 bridgehead atoms. The molecular formula is C29H31BrN2O6. The van der Waals surface area contributed by atoms with Gasteiger partial charge in [0.25, 0.3) is 0 Å². The molecule has 9 heteroatoms. The minimum absolute atomic E-state index is 0.0816. The number of hydrogen-bond acceptors (Lipinski definition) is 8. The first-order chi connectivity index (χ1) is 18.3. The third-order valence-electron chi connectivity index (χ3n) is 6.40. The number of allylic oxidation sites excluding steroid dienone is 2. The normalized spacial score (nSPS) is 15.2. The zero-order valence-electron chi connectivity index (χ0n) is 22.2. The van der Waals surface area contributed by atoms with Crippen LogP contribution >= 0.6 is 15.9 Å². The van der Waals surface area contributed by atoms with Gasteiger partial charge in [0.15, 0.2) is 11.5 Å². The van der Waals surface area contributed by atoms with Crippen LogP contribution in [0.25, 0.3) is 0 Å². The van der Waals surface area contributed by atoms with Gasteiger partial charge in [-0.05, 0) is 49.9 Å². The van der Waals surface area contributed by atoms with Gasteiger partial charge in [0, 0.05) is 16.7 Å². The fraction of sp³-hybridized carbons (Fsp3) is 0.345. The van der Waals surface area contributed by atoms with E-state index in [4.69, 9.17) is 18.9 Å². The number of benzene rings is 2. The second-order valence-corrected chi connectivity index (χ2v) is 9.34. The van der Waals surface area contributed by atoms with Crippen LogP contribution < -0.4 is 9.47 Å². The number of methoxy groups -OCH3 is 3. The minimum Gasteiger partial charge on any atom is -0.493 e. The Morgan fingerprint density at radius 3 is 2.29 bits per heavy atom. The molecule has 2 aromatic carbocycles. The molecule has 0 aromatic heterocycles. The van der Waals surface area contributed by atoms with Crippen molar-refractivity contribution in [3.63, 3.8) is 0 Å². The third kappa shape index (κ3) is 5.86. The van der Waals surface area contributed by atoms with E-state index in [2.05, 4.69) is 22.0 Å². The second-order valence-electron chi connectivity index (χ2n) is 8.49. The van der Waals surface area contributed by atoms with Crippen LogP contribution in [0.15, 0.2) is 69.5 Å². The van der Waals surface area contributed by atoms with Crippen LogP contribution in [0.1, 0.15) is 37.3 Å². The van der Waals surface area contributed by atoms with Gasteiger partial charge in [-0.1, -0.05) is 46.3 Å². The summed E-state index contributed by atoms with van der Waals surface area (Å²) in [4.78, 5) is 28.2. The van der Waals surface area contributed by atoms with E-state index in [-0.39, 0.29) is 23.5 Å². The van der Waals surface area contributed by atoms with Gasteiger partial charge in [0.1, 0.15) is 5.70 Å². The zero-order valence-corrected chi connectivity index (χ0v) is 23.8. The summed E-state index contributed by atoms with van der Waals surface area (Å²) in [5.74, 6) is -1.26. The van der Waals surface area contributed by atoms with E-state index in [1.807, 2.05) is 30.3 Å². The molecule has 3 rings (SSSR count). The molecule has 0 amide bonds. The Balaban J connectivity index is 2.21. The highest BCUT2D eigenvalue weighted by molar-refractivity contribution is 9.10. The molecule has 200 valence electrons. The number of carbonyl (C=O) groups excluding carboxylic acids is 2. The van der Waals surface area contributed by atoms with Crippen LogP contribution in [-0.4, -0.2) is 51.3 Å². The summed E-state index contributed by atoms with van der Waals surface area (Å²) in [6, 6.07) is 15.6. The molecule has 0 saturated heterocycles. The lowest BCUT2D eigenvalue weighted by atomic mass is 9.79. The number of carbonyl (C=O) groups is 2. The third-order valence-corrected chi connectivity index (χ3v) is 7.08. The molecule has 1 aliphatic heterocycles. The molecular weight excluding hydrogens is 552 g/mol. The van der Waals surface area contributed by atoms with Crippen LogP contribution in [0, 0.1) is 11.3 Å². The van der Waals surface area contributed by atoms with Crippen molar-refractivity contribution in [1.82, 2.24) is 4.90 Å². The number of halogens is 1. The largest absolute Gasteiger partial charge is 0.493 e. The predicted molar refractivity (Wildman–Crippen MR) is 145 cm³/mol. The maximum absolute atomic E-state index is 13.4. The maximum atomic E-state index is 13.4. The number of hydrogen-bond donors (Lipinski definition) is 0. The first kappa shape index (κ1) is 28.8. The molecule has 0 spiro atoms. The molecule has 0 radical (unpaired) electrons. The first-order valence-corrected chi connectivity index (χ1v) is 12.9. The van der Waals surface area contributed by atoms with Gasteiger partial charge in [-0.25, -0.2) is 9.59 Å². The summed E-state index contributed by atoms with van der Waals surface area (Å²) in [7, 11) is 4.29. The Morgan fingerprint density at radius 2 is 1.71 bits per heavy atom. The van der Waals surface area contributed by atoms with Crippen LogP contribution in [-0.2, 0) is 25.5 Å². The molecule has 2 aromatic rings. The van der Waals surface area contributed by atoms with E-state index in [0.717, 1.165) is 12.0 Å². The smallest absolute Gasteiger partial charge is 0.355 e. The van der Waals surface area contributed by atoms with Crippen LogP contribution in [0.5, 0.6) is 11.5 Å². The average molecular weight is 583 g/mol. The Kier molecular flexibility index (Phi) is 9.97. The average Bonchev–Trinajstić information content (AvgIpc) is 2.93. The number of ether oxygens (including phenoxy) is 4. The summed E-state index contributed by atoms with van der Waals surface area (Å²) in [5.41, 5.74) is 2.66. The Morgan fingerprint density at radius 1 is 1.05 bits per heavy atom. The maximum Gasteiger partial charge on any atom is 0.355 e. The molecule has 0 N–H and O–H groups in total. The highest BCUT2D eigenvalue weighted by Crippen LogP contribution is 2.47. The van der Waals surface area contributed by atoms with Crippen LogP contribution in [0.4, 0.5) is 0 Å². The van der Waals surface area contributed by atoms with E-state index in [9.17, 15) is 14.9 Å². The summed E-state index contributed by atoms with van der Waals surface area (Å²) in [6.07, 6.45) is 1.42. The van der Waals surface area contributed by atoms with Gasteiger partial charge >= 0.3 is 11.9 Å². The lowest BCUT2D eigenvalue weighted by Gasteiger charge is -2.37. The molecule has 1 atom stereocenters. The number of rotatable bonds is 10. The number of nitriles is 1. The lowest BCUT2D eigenvalue weighted by molar-refractivity contribution is -0.140. The molecule has 1 unspecified atom stereocenters. The molecule has 0 saturated carbocycles. The van der Waals surface area contributed by atoms with Crippen molar-refractivity contribution >= 4 is 27.9 Å². The summed E-state index contributed by atoms with van der Waals surface area (Å²) < 4.78 is 22.0. The van der Waals surface area contributed by atoms with Gasteiger partial charge in [-0.2, -0.15) is 5.26 Å².